The maximum absolute atomic E-state index is 12.2. The standard InChI is InChI=1S/C17H29O4P/c1-2-3-4-5-6-7-8-9-10-12-16-15-17-13-11-14-19-22(18,20-16)21-17/h10-13,16-17H,2-9,14-15H2,1H3/t16-,17-,22+/m1/s1. The molecule has 2 aliphatic heterocycles. The number of fused-ring (bicyclic) bond motifs is 2. The van der Waals surface area contributed by atoms with Gasteiger partial charge in [0.1, 0.15) is 0 Å². The molecule has 2 aliphatic rings. The first kappa shape index (κ1) is 17.9. The van der Waals surface area contributed by atoms with Crippen LogP contribution in [-0.4, -0.2) is 18.8 Å². The highest BCUT2D eigenvalue weighted by molar-refractivity contribution is 7.48. The lowest BCUT2D eigenvalue weighted by molar-refractivity contribution is 0.0315. The van der Waals surface area contributed by atoms with Gasteiger partial charge < -0.3 is 0 Å². The summed E-state index contributed by atoms with van der Waals surface area (Å²) in [5.74, 6) is 0. The van der Waals surface area contributed by atoms with E-state index in [1.165, 1.54) is 44.9 Å². The fourth-order valence-electron chi connectivity index (χ4n) is 2.77. The average molecular weight is 328 g/mol. The average Bonchev–Trinajstić information content (AvgIpc) is 2.63. The molecule has 2 bridgehead atoms. The summed E-state index contributed by atoms with van der Waals surface area (Å²) in [6.07, 6.45) is 18.6. The molecule has 0 unspecified atom stereocenters. The number of allylic oxidation sites excluding steroid dienone is 1. The monoisotopic (exact) mass is 328 g/mol. The third kappa shape index (κ3) is 6.37. The molecule has 0 saturated carbocycles. The maximum Gasteiger partial charge on any atom is 0.476 e. The van der Waals surface area contributed by atoms with E-state index in [1.54, 1.807) is 0 Å². The second-order valence-corrected chi connectivity index (χ2v) is 7.61. The van der Waals surface area contributed by atoms with Crippen molar-refractivity contribution in [3.8, 4) is 0 Å². The summed E-state index contributed by atoms with van der Waals surface area (Å²) in [6.45, 7) is 2.54. The van der Waals surface area contributed by atoms with E-state index in [1.807, 2.05) is 18.2 Å². The van der Waals surface area contributed by atoms with Gasteiger partial charge in [0.25, 0.3) is 0 Å². The minimum Gasteiger partial charge on any atom is -0.283 e. The van der Waals surface area contributed by atoms with Crippen LogP contribution in [0.15, 0.2) is 24.3 Å². The van der Waals surface area contributed by atoms with Crippen molar-refractivity contribution in [2.24, 2.45) is 0 Å². The lowest BCUT2D eigenvalue weighted by atomic mass is 10.1. The van der Waals surface area contributed by atoms with E-state index in [2.05, 4.69) is 13.0 Å². The second kappa shape index (κ2) is 9.67. The van der Waals surface area contributed by atoms with Gasteiger partial charge in [0.05, 0.1) is 18.8 Å². The van der Waals surface area contributed by atoms with Crippen molar-refractivity contribution in [2.75, 3.05) is 6.61 Å². The zero-order chi connectivity index (χ0) is 15.7. The van der Waals surface area contributed by atoms with Gasteiger partial charge in [-0.1, -0.05) is 69.8 Å². The lowest BCUT2D eigenvalue weighted by Gasteiger charge is -2.29. The molecule has 2 heterocycles. The molecular weight excluding hydrogens is 299 g/mol. The van der Waals surface area contributed by atoms with Crippen LogP contribution in [0.4, 0.5) is 0 Å². The number of phosphoric acid groups is 1. The molecule has 22 heavy (non-hydrogen) atoms. The van der Waals surface area contributed by atoms with Gasteiger partial charge in [-0.2, -0.15) is 0 Å². The SMILES string of the molecule is CCCCCCCCCC=C[C@@H]1C[C@H]2C=CCO[P@@](=O)(O1)O2. The fourth-order valence-corrected chi connectivity index (χ4v) is 4.18. The maximum atomic E-state index is 12.2. The number of rotatable bonds is 9. The van der Waals surface area contributed by atoms with Gasteiger partial charge in [0, 0.05) is 6.42 Å². The normalized spacial score (nSPS) is 31.5. The van der Waals surface area contributed by atoms with Gasteiger partial charge in [0.2, 0.25) is 0 Å². The van der Waals surface area contributed by atoms with Crippen molar-refractivity contribution in [2.45, 2.75) is 76.9 Å². The van der Waals surface area contributed by atoms with Gasteiger partial charge in [-0.3, -0.25) is 13.6 Å². The van der Waals surface area contributed by atoms with Gasteiger partial charge >= 0.3 is 7.82 Å². The topological polar surface area (TPSA) is 44.8 Å². The fraction of sp³-hybridized carbons (Fsp3) is 0.765. The highest BCUT2D eigenvalue weighted by atomic mass is 31.2. The smallest absolute Gasteiger partial charge is 0.283 e. The Morgan fingerprint density at radius 3 is 2.73 bits per heavy atom. The Balaban J connectivity index is 1.62. The summed E-state index contributed by atoms with van der Waals surface area (Å²) in [5.41, 5.74) is 0. The zero-order valence-corrected chi connectivity index (χ0v) is 14.5. The molecule has 126 valence electrons. The van der Waals surface area contributed by atoms with Gasteiger partial charge in [-0.25, -0.2) is 4.57 Å². The van der Waals surface area contributed by atoms with Crippen molar-refractivity contribution in [1.82, 2.24) is 0 Å². The summed E-state index contributed by atoms with van der Waals surface area (Å²) < 4.78 is 28.2. The van der Waals surface area contributed by atoms with Crippen molar-refractivity contribution in [3.63, 3.8) is 0 Å². The largest absolute Gasteiger partial charge is 0.476 e. The van der Waals surface area contributed by atoms with Gasteiger partial charge in [0.15, 0.2) is 0 Å². The Kier molecular flexibility index (Phi) is 7.88. The van der Waals surface area contributed by atoms with E-state index >= 15 is 0 Å². The first-order chi connectivity index (χ1) is 10.7. The molecule has 0 spiro atoms. The molecule has 0 amide bonds. The van der Waals surface area contributed by atoms with Crippen LogP contribution in [0.5, 0.6) is 0 Å². The van der Waals surface area contributed by atoms with Crippen LogP contribution in [0.25, 0.3) is 0 Å². The van der Waals surface area contributed by atoms with Crippen LogP contribution >= 0.6 is 7.82 Å². The van der Waals surface area contributed by atoms with Crippen LogP contribution < -0.4 is 0 Å². The Hall–Kier alpha value is -0.410. The number of unbranched alkanes of at least 4 members (excludes halogenated alkanes) is 7. The summed E-state index contributed by atoms with van der Waals surface area (Å²) in [6, 6.07) is 0. The molecule has 0 radical (unpaired) electrons. The first-order valence-electron chi connectivity index (χ1n) is 8.66. The van der Waals surface area contributed by atoms with E-state index in [0.717, 1.165) is 6.42 Å². The molecule has 5 heteroatoms. The van der Waals surface area contributed by atoms with Crippen molar-refractivity contribution < 1.29 is 18.1 Å². The predicted molar refractivity (Wildman–Crippen MR) is 88.8 cm³/mol. The van der Waals surface area contributed by atoms with Crippen LogP contribution in [0.2, 0.25) is 0 Å². The number of phosphoric ester groups is 1. The molecule has 0 aliphatic carbocycles. The number of hydrogen-bond acceptors (Lipinski definition) is 4. The number of hydrogen-bond donors (Lipinski definition) is 0. The molecule has 0 aromatic heterocycles. The molecule has 1 saturated heterocycles. The predicted octanol–water partition coefficient (Wildman–Crippen LogP) is 5.55. The highest BCUT2D eigenvalue weighted by Gasteiger charge is 2.39. The van der Waals surface area contributed by atoms with Crippen molar-refractivity contribution in [1.29, 1.82) is 0 Å². The summed E-state index contributed by atoms with van der Waals surface area (Å²) >= 11 is 0. The molecule has 0 N–H and O–H groups in total. The van der Waals surface area contributed by atoms with Crippen molar-refractivity contribution in [3.05, 3.63) is 24.3 Å². The van der Waals surface area contributed by atoms with Crippen LogP contribution in [0.1, 0.15) is 64.7 Å². The van der Waals surface area contributed by atoms with Crippen LogP contribution in [-0.2, 0) is 18.1 Å². The lowest BCUT2D eigenvalue weighted by Crippen LogP contribution is -2.25. The third-order valence-electron chi connectivity index (χ3n) is 4.00. The molecule has 0 aromatic carbocycles. The molecule has 4 nitrogen and oxygen atoms in total. The minimum absolute atomic E-state index is 0.157. The van der Waals surface area contributed by atoms with E-state index < -0.39 is 7.82 Å². The summed E-state index contributed by atoms with van der Waals surface area (Å²) in [4.78, 5) is 0. The highest BCUT2D eigenvalue weighted by Crippen LogP contribution is 2.56. The van der Waals surface area contributed by atoms with Crippen molar-refractivity contribution >= 4 is 7.82 Å². The quantitative estimate of drug-likeness (QED) is 0.316. The Bertz CT molecular complexity index is 419. The van der Waals surface area contributed by atoms with Crippen LogP contribution in [0.3, 0.4) is 0 Å². The van der Waals surface area contributed by atoms with E-state index in [9.17, 15) is 4.57 Å². The zero-order valence-electron chi connectivity index (χ0n) is 13.6. The Morgan fingerprint density at radius 2 is 1.91 bits per heavy atom. The van der Waals surface area contributed by atoms with E-state index in [4.69, 9.17) is 13.6 Å². The van der Waals surface area contributed by atoms with Gasteiger partial charge in [-0.05, 0) is 12.8 Å². The minimum atomic E-state index is -3.35. The van der Waals surface area contributed by atoms with Gasteiger partial charge in [-0.15, -0.1) is 0 Å². The third-order valence-corrected chi connectivity index (χ3v) is 5.52. The van der Waals surface area contributed by atoms with E-state index in [-0.39, 0.29) is 12.2 Å². The van der Waals surface area contributed by atoms with E-state index in [0.29, 0.717) is 13.0 Å². The summed E-state index contributed by atoms with van der Waals surface area (Å²) in [5, 5.41) is 0. The Morgan fingerprint density at radius 1 is 1.14 bits per heavy atom. The first-order valence-corrected chi connectivity index (χ1v) is 10.1. The van der Waals surface area contributed by atoms with Crippen LogP contribution in [0, 0.1) is 0 Å². The molecule has 0 aromatic rings. The molecule has 1 fully saturated rings. The molecular formula is C17H29O4P. The second-order valence-electron chi connectivity index (χ2n) is 6.03. The summed E-state index contributed by atoms with van der Waals surface area (Å²) in [7, 11) is -3.35. The molecule has 3 atom stereocenters. The Labute approximate surface area is 134 Å². The molecule has 2 rings (SSSR count).